The van der Waals surface area contributed by atoms with E-state index in [2.05, 4.69) is 4.72 Å². The van der Waals surface area contributed by atoms with Gasteiger partial charge in [-0.3, -0.25) is 0 Å². The van der Waals surface area contributed by atoms with E-state index in [4.69, 9.17) is 10.2 Å². The van der Waals surface area contributed by atoms with Gasteiger partial charge < -0.3 is 10.2 Å². The van der Waals surface area contributed by atoms with Gasteiger partial charge >= 0.3 is 0 Å². The van der Waals surface area contributed by atoms with Gasteiger partial charge in [-0.2, -0.15) is 0 Å². The highest BCUT2D eigenvalue weighted by Gasteiger charge is 2.26. The molecule has 3 N–H and O–H groups in total. The fraction of sp³-hybridized carbons (Fsp3) is 0.667. The molecule has 0 aromatic carbocycles. The Hall–Kier alpha value is -0.560. The van der Waals surface area contributed by atoms with Crippen molar-refractivity contribution in [3.8, 4) is 0 Å². The van der Waals surface area contributed by atoms with Crippen LogP contribution in [-0.2, 0) is 10.0 Å². The van der Waals surface area contributed by atoms with Crippen LogP contribution in [-0.4, -0.2) is 20.5 Å². The summed E-state index contributed by atoms with van der Waals surface area (Å²) in [5.74, 6) is 0.980. The maximum atomic E-state index is 12.1. The molecule has 1 aromatic heterocycles. The second kappa shape index (κ2) is 6.74. The molecule has 0 amide bonds. The topological polar surface area (TPSA) is 85.3 Å². The summed E-state index contributed by atoms with van der Waals surface area (Å²) in [5, 5.41) is 0. The lowest BCUT2D eigenvalue weighted by atomic mass is 9.95. The van der Waals surface area contributed by atoms with Crippen LogP contribution in [0.25, 0.3) is 0 Å². The number of hydrogen-bond acceptors (Lipinski definition) is 4. The van der Waals surface area contributed by atoms with E-state index in [1.807, 2.05) is 13.8 Å². The number of nitrogens with one attached hydrogen (secondary N) is 1. The molecule has 112 valence electrons. The second-order valence-corrected chi connectivity index (χ2v) is 6.41. The molecule has 0 atom stereocenters. The van der Waals surface area contributed by atoms with Crippen molar-refractivity contribution in [2.45, 2.75) is 51.0 Å². The maximum Gasteiger partial charge on any atom is 0.244 e. The van der Waals surface area contributed by atoms with Crippen molar-refractivity contribution in [2.75, 3.05) is 6.54 Å². The van der Waals surface area contributed by atoms with E-state index >= 15 is 0 Å². The first-order valence-corrected chi connectivity index (χ1v) is 7.58. The monoisotopic (exact) mass is 310 g/mol. The normalized spacial score (nSPS) is 12.3. The average molecular weight is 311 g/mol. The number of sulfonamides is 1. The van der Waals surface area contributed by atoms with Crippen LogP contribution >= 0.6 is 12.4 Å². The zero-order valence-corrected chi connectivity index (χ0v) is 13.5. The fourth-order valence-corrected chi connectivity index (χ4v) is 3.06. The minimum Gasteiger partial charge on any atom is -0.465 e. The van der Waals surface area contributed by atoms with Crippen molar-refractivity contribution in [3.05, 3.63) is 17.6 Å². The first-order valence-electron chi connectivity index (χ1n) is 6.09. The molecule has 19 heavy (non-hydrogen) atoms. The van der Waals surface area contributed by atoms with Crippen molar-refractivity contribution >= 4 is 22.4 Å². The van der Waals surface area contributed by atoms with Crippen LogP contribution in [0.4, 0.5) is 0 Å². The number of rotatable bonds is 6. The van der Waals surface area contributed by atoms with E-state index in [-0.39, 0.29) is 23.8 Å². The molecule has 0 aliphatic rings. The Bertz CT molecular complexity index is 507. The Morgan fingerprint density at radius 1 is 1.32 bits per heavy atom. The molecular formula is C12H23ClN2O3S. The van der Waals surface area contributed by atoms with Gasteiger partial charge in [0.15, 0.2) is 0 Å². The Labute approximate surface area is 121 Å². The molecular weight excluding hydrogens is 288 g/mol. The minimum absolute atomic E-state index is 0. The van der Waals surface area contributed by atoms with Gasteiger partial charge in [0.2, 0.25) is 10.0 Å². The predicted molar refractivity (Wildman–Crippen MR) is 78.1 cm³/mol. The van der Waals surface area contributed by atoms with Crippen LogP contribution in [0, 0.1) is 13.8 Å². The van der Waals surface area contributed by atoms with Gasteiger partial charge in [-0.1, -0.05) is 13.8 Å². The van der Waals surface area contributed by atoms with Crippen LogP contribution in [0.2, 0.25) is 0 Å². The molecule has 1 heterocycles. The summed E-state index contributed by atoms with van der Waals surface area (Å²) in [4.78, 5) is 0.189. The van der Waals surface area contributed by atoms with E-state index in [0.717, 1.165) is 12.8 Å². The third-order valence-electron chi connectivity index (χ3n) is 3.31. The van der Waals surface area contributed by atoms with Gasteiger partial charge in [0.05, 0.1) is 0 Å². The summed E-state index contributed by atoms with van der Waals surface area (Å²) in [6, 6.07) is 1.52. The largest absolute Gasteiger partial charge is 0.465 e. The highest BCUT2D eigenvalue weighted by atomic mass is 35.5. The molecule has 0 saturated heterocycles. The third-order valence-corrected chi connectivity index (χ3v) is 4.82. The maximum absolute atomic E-state index is 12.1. The summed E-state index contributed by atoms with van der Waals surface area (Å²) in [7, 11) is -3.55. The summed E-state index contributed by atoms with van der Waals surface area (Å²) in [6.07, 6.45) is 1.44. The predicted octanol–water partition coefficient (Wildman–Crippen LogP) is 2.11. The van der Waals surface area contributed by atoms with Crippen LogP contribution in [0.3, 0.4) is 0 Å². The van der Waals surface area contributed by atoms with E-state index in [1.54, 1.807) is 13.8 Å². The zero-order valence-electron chi connectivity index (χ0n) is 11.8. The Balaban J connectivity index is 0.00000324. The van der Waals surface area contributed by atoms with E-state index in [9.17, 15) is 8.42 Å². The molecule has 5 nitrogen and oxygen atoms in total. The fourth-order valence-electron chi connectivity index (χ4n) is 1.69. The standard InChI is InChI=1S/C12H22N2O3S.ClH/c1-5-12(13,6-2)8-14-18(15,16)11-7-9(3)17-10(11)4;/h7,14H,5-6,8,13H2,1-4H3;1H. The number of hydrogen-bond donors (Lipinski definition) is 2. The quantitative estimate of drug-likeness (QED) is 0.842. The van der Waals surface area contributed by atoms with Crippen LogP contribution < -0.4 is 10.5 Å². The van der Waals surface area contributed by atoms with Gasteiger partial charge in [0.1, 0.15) is 16.4 Å². The molecule has 7 heteroatoms. The smallest absolute Gasteiger partial charge is 0.244 e. The number of nitrogens with two attached hydrogens (primary N) is 1. The van der Waals surface area contributed by atoms with E-state index in [0.29, 0.717) is 11.5 Å². The minimum atomic E-state index is -3.55. The van der Waals surface area contributed by atoms with Crippen molar-refractivity contribution in [1.29, 1.82) is 0 Å². The van der Waals surface area contributed by atoms with Gasteiger partial charge in [-0.25, -0.2) is 13.1 Å². The Morgan fingerprint density at radius 2 is 1.84 bits per heavy atom. The molecule has 1 rings (SSSR count). The molecule has 1 aromatic rings. The molecule has 0 spiro atoms. The van der Waals surface area contributed by atoms with Gasteiger partial charge in [-0.05, 0) is 32.8 Å². The molecule has 0 radical (unpaired) electrons. The Morgan fingerprint density at radius 3 is 2.21 bits per heavy atom. The first kappa shape index (κ1) is 18.4. The summed E-state index contributed by atoms with van der Waals surface area (Å²) >= 11 is 0. The summed E-state index contributed by atoms with van der Waals surface area (Å²) in [6.45, 7) is 7.48. The average Bonchev–Trinajstić information content (AvgIpc) is 2.66. The molecule has 0 unspecified atom stereocenters. The summed E-state index contributed by atoms with van der Waals surface area (Å²) < 4.78 is 32.0. The van der Waals surface area contributed by atoms with Gasteiger partial charge in [0, 0.05) is 12.1 Å². The van der Waals surface area contributed by atoms with Gasteiger partial charge in [-0.15, -0.1) is 12.4 Å². The molecule has 0 aliphatic heterocycles. The number of halogens is 1. The number of furan rings is 1. The molecule has 0 saturated carbocycles. The van der Waals surface area contributed by atoms with Crippen molar-refractivity contribution < 1.29 is 12.8 Å². The zero-order chi connectivity index (χ0) is 14.0. The number of aryl methyl sites for hydroxylation is 2. The Kier molecular flexibility index (Phi) is 6.54. The molecule has 0 bridgehead atoms. The molecule has 0 fully saturated rings. The van der Waals surface area contributed by atoms with Gasteiger partial charge in [0.25, 0.3) is 0 Å². The van der Waals surface area contributed by atoms with Crippen LogP contribution in [0.1, 0.15) is 38.2 Å². The van der Waals surface area contributed by atoms with E-state index < -0.39 is 15.6 Å². The lowest BCUT2D eigenvalue weighted by Gasteiger charge is -2.26. The SMILES string of the molecule is CCC(N)(CC)CNS(=O)(=O)c1cc(C)oc1C.Cl. The lowest BCUT2D eigenvalue weighted by molar-refractivity contribution is 0.391. The highest BCUT2D eigenvalue weighted by molar-refractivity contribution is 7.89. The van der Waals surface area contributed by atoms with Crippen LogP contribution in [0.5, 0.6) is 0 Å². The third kappa shape index (κ3) is 4.49. The summed E-state index contributed by atoms with van der Waals surface area (Å²) in [5.41, 5.74) is 5.57. The van der Waals surface area contributed by atoms with Crippen molar-refractivity contribution in [2.24, 2.45) is 5.73 Å². The highest BCUT2D eigenvalue weighted by Crippen LogP contribution is 2.20. The second-order valence-electron chi connectivity index (χ2n) is 4.67. The lowest BCUT2D eigenvalue weighted by Crippen LogP contribution is -2.49. The van der Waals surface area contributed by atoms with Crippen molar-refractivity contribution in [3.63, 3.8) is 0 Å². The van der Waals surface area contributed by atoms with E-state index in [1.165, 1.54) is 6.07 Å². The molecule has 0 aliphatic carbocycles. The van der Waals surface area contributed by atoms with Crippen molar-refractivity contribution in [1.82, 2.24) is 4.72 Å². The first-order chi connectivity index (χ1) is 8.24. The van der Waals surface area contributed by atoms with Crippen LogP contribution in [0.15, 0.2) is 15.4 Å².